The van der Waals surface area contributed by atoms with Gasteiger partial charge >= 0.3 is 0 Å². The van der Waals surface area contributed by atoms with Gasteiger partial charge in [0.2, 0.25) is 0 Å². The number of allylic oxidation sites excluding steroid dienone is 1. The number of hydrogen-bond acceptors (Lipinski definition) is 0. The first-order chi connectivity index (χ1) is 10.8. The van der Waals surface area contributed by atoms with Crippen molar-refractivity contribution >= 4 is 6.08 Å². The van der Waals surface area contributed by atoms with Gasteiger partial charge in [0.1, 0.15) is 5.82 Å². The number of hydrogen-bond donors (Lipinski definition) is 0. The first-order valence-electron chi connectivity index (χ1n) is 9.25. The van der Waals surface area contributed by atoms with Gasteiger partial charge in [0.25, 0.3) is 0 Å². The third-order valence-corrected chi connectivity index (χ3v) is 5.75. The van der Waals surface area contributed by atoms with E-state index in [4.69, 9.17) is 0 Å². The van der Waals surface area contributed by atoms with Crippen molar-refractivity contribution in [2.75, 3.05) is 0 Å². The highest BCUT2D eigenvalue weighted by Gasteiger charge is 2.25. The Morgan fingerprint density at radius 2 is 1.86 bits per heavy atom. The second-order valence-electron chi connectivity index (χ2n) is 7.24. The van der Waals surface area contributed by atoms with Crippen LogP contribution in [0, 0.1) is 17.7 Å². The molecule has 0 aromatic heterocycles. The summed E-state index contributed by atoms with van der Waals surface area (Å²) in [6.07, 6.45) is 15.4. The Bertz CT molecular complexity index is 521. The minimum absolute atomic E-state index is 0.0209. The molecule has 0 heterocycles. The molecule has 120 valence electrons. The molecule has 0 atom stereocenters. The van der Waals surface area contributed by atoms with Gasteiger partial charge in [0, 0.05) is 0 Å². The van der Waals surface area contributed by atoms with E-state index in [0.29, 0.717) is 0 Å². The smallest absolute Gasteiger partial charge is 0.127 e. The topological polar surface area (TPSA) is 0 Å². The van der Waals surface area contributed by atoms with E-state index in [1.165, 1.54) is 51.4 Å². The lowest BCUT2D eigenvalue weighted by molar-refractivity contribution is 0.279. The predicted octanol–water partition coefficient (Wildman–Crippen LogP) is 6.54. The third kappa shape index (κ3) is 3.62. The first kappa shape index (κ1) is 15.8. The van der Waals surface area contributed by atoms with E-state index in [0.717, 1.165) is 35.8 Å². The molecule has 0 N–H and O–H groups in total. The van der Waals surface area contributed by atoms with E-state index in [1.54, 1.807) is 11.6 Å². The molecule has 0 nitrogen and oxygen atoms in total. The zero-order chi connectivity index (χ0) is 15.4. The average molecular weight is 300 g/mol. The van der Waals surface area contributed by atoms with E-state index in [9.17, 15) is 4.39 Å². The van der Waals surface area contributed by atoms with E-state index in [-0.39, 0.29) is 5.82 Å². The fourth-order valence-electron chi connectivity index (χ4n) is 4.34. The van der Waals surface area contributed by atoms with Crippen molar-refractivity contribution in [3.63, 3.8) is 0 Å². The van der Waals surface area contributed by atoms with Crippen molar-refractivity contribution in [3.05, 3.63) is 40.7 Å². The fourth-order valence-corrected chi connectivity index (χ4v) is 4.34. The number of fused-ring (bicyclic) bond motifs is 1. The lowest BCUT2D eigenvalue weighted by Gasteiger charge is -2.32. The monoisotopic (exact) mass is 300 g/mol. The number of rotatable bonds is 5. The molecule has 2 aliphatic rings. The van der Waals surface area contributed by atoms with Crippen molar-refractivity contribution in [1.82, 2.24) is 0 Å². The summed E-state index contributed by atoms with van der Waals surface area (Å²) in [6.45, 7) is 2.28. The van der Waals surface area contributed by atoms with Crippen molar-refractivity contribution in [3.8, 4) is 0 Å². The number of unbranched alkanes of at least 4 members (excludes halogenated alkanes) is 2. The molecule has 1 aromatic carbocycles. The Morgan fingerprint density at radius 3 is 2.64 bits per heavy atom. The van der Waals surface area contributed by atoms with Gasteiger partial charge in [-0.05, 0) is 67.6 Å². The van der Waals surface area contributed by atoms with Gasteiger partial charge in [0.05, 0.1) is 0 Å². The maximum Gasteiger partial charge on any atom is 0.127 e. The minimum Gasteiger partial charge on any atom is -0.207 e. The number of halogens is 1. The second-order valence-corrected chi connectivity index (χ2v) is 7.24. The number of benzene rings is 1. The molecule has 0 radical (unpaired) electrons. The molecule has 2 aliphatic carbocycles. The normalized spacial score (nSPS) is 24.7. The molecule has 1 saturated carbocycles. The van der Waals surface area contributed by atoms with Crippen LogP contribution in [0.1, 0.15) is 75.8 Å². The van der Waals surface area contributed by atoms with Crippen molar-refractivity contribution in [2.45, 2.75) is 71.1 Å². The standard InChI is InChI=1S/C21H29F/c1-2-3-4-6-16-9-11-17(12-10-16)18-13-14-20-19(15-18)7-5-8-21(20)22/h5,7-8,15-17H,2-4,6,9-14H2,1H3. The van der Waals surface area contributed by atoms with Gasteiger partial charge in [-0.15, -0.1) is 0 Å². The van der Waals surface area contributed by atoms with Gasteiger partial charge in [-0.25, -0.2) is 4.39 Å². The van der Waals surface area contributed by atoms with Gasteiger partial charge in [-0.1, -0.05) is 56.4 Å². The van der Waals surface area contributed by atoms with Crippen LogP contribution in [0.3, 0.4) is 0 Å². The summed E-state index contributed by atoms with van der Waals surface area (Å²) in [7, 11) is 0. The maximum absolute atomic E-state index is 13.8. The Balaban J connectivity index is 1.58. The molecular weight excluding hydrogens is 271 g/mol. The predicted molar refractivity (Wildman–Crippen MR) is 92.3 cm³/mol. The fraction of sp³-hybridized carbons (Fsp3) is 0.619. The summed E-state index contributed by atoms with van der Waals surface area (Å²) in [6, 6.07) is 5.52. The van der Waals surface area contributed by atoms with Crippen molar-refractivity contribution in [2.24, 2.45) is 11.8 Å². The zero-order valence-electron chi connectivity index (χ0n) is 13.9. The van der Waals surface area contributed by atoms with Crippen LogP contribution >= 0.6 is 0 Å². The Kier molecular flexibility index (Phi) is 5.33. The van der Waals surface area contributed by atoms with Crippen LogP contribution < -0.4 is 0 Å². The van der Waals surface area contributed by atoms with Crippen molar-refractivity contribution < 1.29 is 4.39 Å². The van der Waals surface area contributed by atoms with E-state index in [1.807, 2.05) is 6.07 Å². The molecule has 0 aliphatic heterocycles. The van der Waals surface area contributed by atoms with Gasteiger partial charge in [-0.2, -0.15) is 0 Å². The molecule has 22 heavy (non-hydrogen) atoms. The summed E-state index contributed by atoms with van der Waals surface area (Å²) in [5.74, 6) is 1.71. The third-order valence-electron chi connectivity index (χ3n) is 5.75. The Hall–Kier alpha value is -1.11. The molecule has 0 unspecified atom stereocenters. The molecule has 1 heteroatoms. The molecule has 0 amide bonds. The average Bonchev–Trinajstić information content (AvgIpc) is 2.56. The van der Waals surface area contributed by atoms with E-state index < -0.39 is 0 Å². The summed E-state index contributed by atoms with van der Waals surface area (Å²) in [4.78, 5) is 0. The second kappa shape index (κ2) is 7.44. The quantitative estimate of drug-likeness (QED) is 0.541. The highest BCUT2D eigenvalue weighted by molar-refractivity contribution is 5.60. The molecule has 0 bridgehead atoms. The van der Waals surface area contributed by atoms with Crippen LogP contribution in [-0.4, -0.2) is 0 Å². The Labute approximate surface area is 134 Å². The van der Waals surface area contributed by atoms with Crippen LogP contribution in [-0.2, 0) is 6.42 Å². The zero-order valence-corrected chi connectivity index (χ0v) is 13.9. The molecule has 0 spiro atoms. The first-order valence-corrected chi connectivity index (χ1v) is 9.25. The highest BCUT2D eigenvalue weighted by Crippen LogP contribution is 2.39. The van der Waals surface area contributed by atoms with Crippen LogP contribution in [0.15, 0.2) is 23.8 Å². The minimum atomic E-state index is -0.0209. The summed E-state index contributed by atoms with van der Waals surface area (Å²) >= 11 is 0. The summed E-state index contributed by atoms with van der Waals surface area (Å²) in [5.41, 5.74) is 3.65. The highest BCUT2D eigenvalue weighted by atomic mass is 19.1. The van der Waals surface area contributed by atoms with Crippen molar-refractivity contribution in [1.29, 1.82) is 0 Å². The lowest BCUT2D eigenvalue weighted by Crippen LogP contribution is -2.18. The van der Waals surface area contributed by atoms with Crippen LogP contribution in [0.4, 0.5) is 4.39 Å². The largest absolute Gasteiger partial charge is 0.207 e. The summed E-state index contributed by atoms with van der Waals surface area (Å²) < 4.78 is 13.8. The molecule has 3 rings (SSSR count). The Morgan fingerprint density at radius 1 is 1.05 bits per heavy atom. The maximum atomic E-state index is 13.8. The molecule has 1 fully saturated rings. The summed E-state index contributed by atoms with van der Waals surface area (Å²) in [5, 5.41) is 0. The van der Waals surface area contributed by atoms with Crippen LogP contribution in [0.5, 0.6) is 0 Å². The molecule has 1 aromatic rings. The van der Waals surface area contributed by atoms with E-state index >= 15 is 0 Å². The lowest BCUT2D eigenvalue weighted by atomic mass is 9.74. The van der Waals surface area contributed by atoms with Gasteiger partial charge in [0.15, 0.2) is 0 Å². The molecule has 0 saturated heterocycles. The van der Waals surface area contributed by atoms with Gasteiger partial charge in [-0.3, -0.25) is 0 Å². The van der Waals surface area contributed by atoms with Crippen LogP contribution in [0.2, 0.25) is 0 Å². The SMILES string of the molecule is CCCCCC1CCC(C2=Cc3cccc(F)c3CC2)CC1. The molecular formula is C21H29F. The van der Waals surface area contributed by atoms with Gasteiger partial charge < -0.3 is 0 Å². The van der Waals surface area contributed by atoms with E-state index in [2.05, 4.69) is 19.1 Å². The van der Waals surface area contributed by atoms with Crippen LogP contribution in [0.25, 0.3) is 6.08 Å².